The Bertz CT molecular complexity index is 201. The molecule has 12 heavy (non-hydrogen) atoms. The van der Waals surface area contributed by atoms with Crippen molar-refractivity contribution < 1.29 is 12.9 Å². The molecule has 0 saturated carbocycles. The predicted molar refractivity (Wildman–Crippen MR) is 46.8 cm³/mol. The molecule has 0 heterocycles. The molecule has 3 nitrogen and oxygen atoms in total. The van der Waals surface area contributed by atoms with Gasteiger partial charge >= 0.3 is 0 Å². The van der Waals surface area contributed by atoms with Crippen molar-refractivity contribution in [2.45, 2.75) is 32.6 Å². The third-order valence-corrected chi connectivity index (χ3v) is 3.21. The van der Waals surface area contributed by atoms with Gasteiger partial charge in [-0.3, -0.25) is 0 Å². The molecule has 0 bridgehead atoms. The number of hydrogen-bond acceptors (Lipinski definition) is 2. The average Bonchev–Trinajstić information content (AvgIpc) is 1.98. The van der Waals surface area contributed by atoms with Crippen molar-refractivity contribution in [2.75, 3.05) is 12.8 Å². The minimum Gasteiger partial charge on any atom is -0.210 e. The summed E-state index contributed by atoms with van der Waals surface area (Å²) in [6.07, 6.45) is 3.45. The Morgan fingerprint density at radius 3 is 2.25 bits per heavy atom. The van der Waals surface area contributed by atoms with E-state index in [9.17, 15) is 12.9 Å². The monoisotopic (exact) mass is 197 g/mol. The highest BCUT2D eigenvalue weighted by atomic mass is 32.2. The van der Waals surface area contributed by atoms with Crippen LogP contribution in [0.25, 0.3) is 0 Å². The van der Waals surface area contributed by atoms with Gasteiger partial charge in [0, 0.05) is 7.05 Å². The van der Waals surface area contributed by atoms with Gasteiger partial charge in [0.2, 0.25) is 10.0 Å². The lowest BCUT2D eigenvalue weighted by atomic mass is 10.2. The Balaban J connectivity index is 3.63. The Hall–Kier alpha value is -0.160. The molecule has 0 radical (unpaired) electrons. The normalized spacial score (nSPS) is 12.3. The quantitative estimate of drug-likeness (QED) is 0.480. The molecule has 0 N–H and O–H groups in total. The van der Waals surface area contributed by atoms with Crippen molar-refractivity contribution >= 4 is 10.0 Å². The van der Waals surface area contributed by atoms with Crippen LogP contribution in [0.2, 0.25) is 0 Å². The van der Waals surface area contributed by atoms with Gasteiger partial charge in [-0.1, -0.05) is 26.2 Å². The molecular formula is C7H16FNO2S. The summed E-state index contributed by atoms with van der Waals surface area (Å²) in [7, 11) is -2.70. The summed E-state index contributed by atoms with van der Waals surface area (Å²) in [6.45, 7) is 2.04. The highest BCUT2D eigenvalue weighted by molar-refractivity contribution is 7.88. The zero-order valence-corrected chi connectivity index (χ0v) is 8.40. The van der Waals surface area contributed by atoms with Crippen molar-refractivity contribution in [3.8, 4) is 0 Å². The molecule has 0 aromatic carbocycles. The van der Waals surface area contributed by atoms with Crippen LogP contribution >= 0.6 is 0 Å². The summed E-state index contributed by atoms with van der Waals surface area (Å²) in [5.41, 5.74) is 0. The van der Waals surface area contributed by atoms with E-state index in [2.05, 4.69) is 0 Å². The minimum atomic E-state index is -3.61. The first kappa shape index (κ1) is 11.8. The van der Waals surface area contributed by atoms with Gasteiger partial charge in [-0.05, 0) is 10.9 Å². The first-order chi connectivity index (χ1) is 5.50. The summed E-state index contributed by atoms with van der Waals surface area (Å²) in [6, 6.07) is 0. The lowest BCUT2D eigenvalue weighted by molar-refractivity contribution is 0.178. The molecule has 0 aliphatic carbocycles. The maximum absolute atomic E-state index is 12.2. The summed E-state index contributed by atoms with van der Waals surface area (Å²) in [5.74, 6) is -0.0833. The van der Waals surface area contributed by atoms with Gasteiger partial charge in [-0.25, -0.2) is 8.42 Å². The van der Waals surface area contributed by atoms with Crippen molar-refractivity contribution in [1.29, 1.82) is 0 Å². The highest BCUT2D eigenvalue weighted by Gasteiger charge is 2.15. The van der Waals surface area contributed by atoms with Crippen molar-refractivity contribution in [1.82, 2.24) is 4.53 Å². The average molecular weight is 197 g/mol. The first-order valence-corrected chi connectivity index (χ1v) is 5.74. The standard InChI is InChI=1S/C7H16FNO2S/c1-3-4-5-6-7-12(10,11)9(2)8/h3-7H2,1-2H3. The molecule has 0 amide bonds. The van der Waals surface area contributed by atoms with Gasteiger partial charge in [0.25, 0.3) is 0 Å². The van der Waals surface area contributed by atoms with Crippen molar-refractivity contribution in [3.05, 3.63) is 0 Å². The van der Waals surface area contributed by atoms with E-state index in [1.54, 1.807) is 0 Å². The summed E-state index contributed by atoms with van der Waals surface area (Å²) < 4.78 is 33.7. The predicted octanol–water partition coefficient (Wildman–Crippen LogP) is 1.71. The molecular weight excluding hydrogens is 181 g/mol. The summed E-state index contributed by atoms with van der Waals surface area (Å²) in [5, 5.41) is 0. The van der Waals surface area contributed by atoms with Crippen molar-refractivity contribution in [2.24, 2.45) is 0 Å². The Morgan fingerprint density at radius 2 is 1.83 bits per heavy atom. The number of sulfonamides is 1. The second-order valence-electron chi connectivity index (χ2n) is 2.77. The van der Waals surface area contributed by atoms with Gasteiger partial charge in [-0.2, -0.15) is 0 Å². The van der Waals surface area contributed by atoms with Crippen LogP contribution < -0.4 is 0 Å². The minimum absolute atomic E-state index is 0.0833. The van der Waals surface area contributed by atoms with Gasteiger partial charge in [0.1, 0.15) is 0 Å². The fourth-order valence-corrected chi connectivity index (χ4v) is 1.66. The van der Waals surface area contributed by atoms with Crippen LogP contribution in [-0.4, -0.2) is 25.7 Å². The zero-order valence-electron chi connectivity index (χ0n) is 7.59. The molecule has 0 aromatic heterocycles. The Kier molecular flexibility index (Phi) is 5.41. The second kappa shape index (κ2) is 5.48. The molecule has 0 fully saturated rings. The third kappa shape index (κ3) is 4.66. The first-order valence-electron chi connectivity index (χ1n) is 4.13. The molecule has 0 spiro atoms. The maximum Gasteiger partial charge on any atom is 0.239 e. The summed E-state index contributed by atoms with van der Waals surface area (Å²) >= 11 is 0. The number of unbranched alkanes of at least 4 members (excludes halogenated alkanes) is 3. The molecule has 5 heteroatoms. The van der Waals surface area contributed by atoms with Gasteiger partial charge in [0.05, 0.1) is 5.75 Å². The molecule has 74 valence electrons. The number of hydrogen-bond donors (Lipinski definition) is 0. The molecule has 0 atom stereocenters. The molecule has 0 saturated heterocycles. The highest BCUT2D eigenvalue weighted by Crippen LogP contribution is 2.05. The van der Waals surface area contributed by atoms with Crippen molar-refractivity contribution in [3.63, 3.8) is 0 Å². The fraction of sp³-hybridized carbons (Fsp3) is 1.00. The van der Waals surface area contributed by atoms with E-state index < -0.39 is 10.0 Å². The Morgan fingerprint density at radius 1 is 1.25 bits per heavy atom. The van der Waals surface area contributed by atoms with Crippen LogP contribution in [0.3, 0.4) is 0 Å². The van der Waals surface area contributed by atoms with E-state index in [0.717, 1.165) is 26.3 Å². The van der Waals surface area contributed by atoms with Gasteiger partial charge in [-0.15, -0.1) is 4.48 Å². The van der Waals surface area contributed by atoms with E-state index in [1.807, 2.05) is 6.92 Å². The second-order valence-corrected chi connectivity index (χ2v) is 4.84. The van der Waals surface area contributed by atoms with E-state index in [-0.39, 0.29) is 10.3 Å². The molecule has 0 rings (SSSR count). The SMILES string of the molecule is CCCCCCS(=O)(=O)N(C)F. The summed E-state index contributed by atoms with van der Waals surface area (Å²) in [4.78, 5) is 0. The van der Waals surface area contributed by atoms with Crippen LogP contribution in [0.4, 0.5) is 4.48 Å². The largest absolute Gasteiger partial charge is 0.239 e. The van der Waals surface area contributed by atoms with E-state index in [1.165, 1.54) is 0 Å². The number of halogens is 1. The maximum atomic E-state index is 12.2. The lowest BCUT2D eigenvalue weighted by Gasteiger charge is -2.05. The van der Waals surface area contributed by atoms with Crippen LogP contribution in [0.15, 0.2) is 0 Å². The fourth-order valence-electron chi connectivity index (χ4n) is 0.837. The van der Waals surface area contributed by atoms with Gasteiger partial charge < -0.3 is 0 Å². The van der Waals surface area contributed by atoms with Crippen LogP contribution in [0.1, 0.15) is 32.6 Å². The molecule has 0 aromatic rings. The van der Waals surface area contributed by atoms with E-state index >= 15 is 0 Å². The number of nitrogens with zero attached hydrogens (tertiary/aromatic N) is 1. The molecule has 0 aliphatic rings. The molecule has 0 unspecified atom stereocenters. The topological polar surface area (TPSA) is 37.4 Å². The van der Waals surface area contributed by atoms with Gasteiger partial charge in [0.15, 0.2) is 0 Å². The van der Waals surface area contributed by atoms with Crippen LogP contribution in [0.5, 0.6) is 0 Å². The van der Waals surface area contributed by atoms with Crippen LogP contribution in [0, 0.1) is 0 Å². The molecule has 0 aliphatic heterocycles. The number of rotatable bonds is 6. The van der Waals surface area contributed by atoms with E-state index in [0.29, 0.717) is 6.42 Å². The van der Waals surface area contributed by atoms with Crippen LogP contribution in [-0.2, 0) is 10.0 Å². The zero-order chi connectivity index (χ0) is 9.61. The van der Waals surface area contributed by atoms with E-state index in [4.69, 9.17) is 0 Å². The smallest absolute Gasteiger partial charge is 0.210 e. The lowest BCUT2D eigenvalue weighted by Crippen LogP contribution is -2.21. The Labute approximate surface area is 73.6 Å². The third-order valence-electron chi connectivity index (χ3n) is 1.64.